The number of nitrogens with zero attached hydrogens (tertiary/aromatic N) is 4. The second-order valence-electron chi connectivity index (χ2n) is 6.59. The zero-order chi connectivity index (χ0) is 17.9. The van der Waals surface area contributed by atoms with Crippen LogP contribution in [0.2, 0.25) is 0 Å². The quantitative estimate of drug-likeness (QED) is 0.653. The molecule has 0 atom stereocenters. The molecule has 4 rings (SSSR count). The highest BCUT2D eigenvalue weighted by molar-refractivity contribution is 7.98. The fourth-order valence-corrected chi connectivity index (χ4v) is 3.74. The first-order valence-corrected chi connectivity index (χ1v) is 10.1. The lowest BCUT2D eigenvalue weighted by Gasteiger charge is -2.27. The number of hydrogen-bond donors (Lipinski definition) is 0. The average Bonchev–Trinajstić information content (AvgIpc) is 2.68. The molecule has 0 spiro atoms. The third-order valence-corrected chi connectivity index (χ3v) is 5.46. The number of aryl methyl sites for hydroxylation is 1. The van der Waals surface area contributed by atoms with E-state index in [0.717, 1.165) is 48.8 Å². The summed E-state index contributed by atoms with van der Waals surface area (Å²) in [6.07, 6.45) is 5.05. The van der Waals surface area contributed by atoms with Gasteiger partial charge in [0.2, 0.25) is 0 Å². The van der Waals surface area contributed by atoms with Crippen molar-refractivity contribution in [2.45, 2.75) is 31.3 Å². The summed E-state index contributed by atoms with van der Waals surface area (Å²) >= 11 is 1.76. The van der Waals surface area contributed by atoms with Gasteiger partial charge < -0.3 is 0 Å². The van der Waals surface area contributed by atoms with Crippen LogP contribution < -0.4 is 0 Å². The SMILES string of the molecule is CSc1ccc(-c2cccc(CN3CCc4nc(C)ncc4C3)n2)cc1. The van der Waals surface area contributed by atoms with Crippen molar-refractivity contribution in [1.29, 1.82) is 0 Å². The molecule has 3 aromatic rings. The first kappa shape index (κ1) is 17.2. The molecule has 0 bridgehead atoms. The standard InChI is InChI=1S/C21H22N4S/c1-15-22-12-17-13-25(11-10-21(17)23-15)14-18-4-3-5-20(24-18)16-6-8-19(26-2)9-7-16/h3-9,12H,10-11,13-14H2,1-2H3. The van der Waals surface area contributed by atoms with E-state index in [0.29, 0.717) is 0 Å². The van der Waals surface area contributed by atoms with Gasteiger partial charge in [-0.05, 0) is 37.4 Å². The summed E-state index contributed by atoms with van der Waals surface area (Å²) in [4.78, 5) is 17.5. The minimum Gasteiger partial charge on any atom is -0.293 e. The number of hydrogen-bond acceptors (Lipinski definition) is 5. The number of aromatic nitrogens is 3. The molecule has 0 aliphatic carbocycles. The minimum absolute atomic E-state index is 0.851. The lowest BCUT2D eigenvalue weighted by atomic mass is 10.1. The Hall–Kier alpha value is -2.24. The van der Waals surface area contributed by atoms with Gasteiger partial charge >= 0.3 is 0 Å². The average molecular weight is 363 g/mol. The number of benzene rings is 1. The summed E-state index contributed by atoms with van der Waals surface area (Å²) in [5, 5.41) is 0. The topological polar surface area (TPSA) is 41.9 Å². The van der Waals surface area contributed by atoms with Crippen LogP contribution >= 0.6 is 11.8 Å². The van der Waals surface area contributed by atoms with E-state index in [4.69, 9.17) is 4.98 Å². The molecule has 2 aromatic heterocycles. The lowest BCUT2D eigenvalue weighted by molar-refractivity contribution is 0.240. The molecule has 0 radical (unpaired) electrons. The van der Waals surface area contributed by atoms with Crippen LogP contribution in [-0.4, -0.2) is 32.7 Å². The van der Waals surface area contributed by atoms with E-state index < -0.39 is 0 Å². The predicted octanol–water partition coefficient (Wildman–Crippen LogP) is 4.13. The van der Waals surface area contributed by atoms with Crippen LogP contribution in [0.1, 0.15) is 22.8 Å². The predicted molar refractivity (Wildman–Crippen MR) is 106 cm³/mol. The van der Waals surface area contributed by atoms with E-state index >= 15 is 0 Å². The fraction of sp³-hybridized carbons (Fsp3) is 0.286. The molecule has 0 unspecified atom stereocenters. The minimum atomic E-state index is 0.851. The Balaban J connectivity index is 1.49. The Morgan fingerprint density at radius 3 is 2.73 bits per heavy atom. The maximum atomic E-state index is 4.88. The Bertz CT molecular complexity index is 908. The smallest absolute Gasteiger partial charge is 0.125 e. The highest BCUT2D eigenvalue weighted by Gasteiger charge is 2.18. The number of fused-ring (bicyclic) bond motifs is 1. The molecule has 5 heteroatoms. The highest BCUT2D eigenvalue weighted by atomic mass is 32.2. The van der Waals surface area contributed by atoms with Crippen molar-refractivity contribution in [3.63, 3.8) is 0 Å². The van der Waals surface area contributed by atoms with Crippen molar-refractivity contribution in [3.8, 4) is 11.3 Å². The molecule has 0 saturated heterocycles. The molecule has 3 heterocycles. The van der Waals surface area contributed by atoms with Crippen LogP contribution in [0.15, 0.2) is 53.6 Å². The monoisotopic (exact) mass is 362 g/mol. The molecular formula is C21H22N4S. The molecule has 0 saturated carbocycles. The molecule has 26 heavy (non-hydrogen) atoms. The zero-order valence-corrected chi connectivity index (χ0v) is 16.0. The normalized spacial score (nSPS) is 14.2. The Labute approximate surface area is 158 Å². The van der Waals surface area contributed by atoms with Crippen molar-refractivity contribution < 1.29 is 0 Å². The van der Waals surface area contributed by atoms with Crippen LogP contribution in [0.3, 0.4) is 0 Å². The Morgan fingerprint density at radius 2 is 1.92 bits per heavy atom. The fourth-order valence-electron chi connectivity index (χ4n) is 3.33. The molecule has 1 aliphatic rings. The van der Waals surface area contributed by atoms with Gasteiger partial charge in [-0.2, -0.15) is 0 Å². The van der Waals surface area contributed by atoms with Gasteiger partial charge in [0.25, 0.3) is 0 Å². The number of pyridine rings is 1. The van der Waals surface area contributed by atoms with E-state index in [1.807, 2.05) is 13.1 Å². The van der Waals surface area contributed by atoms with E-state index in [9.17, 15) is 0 Å². The first-order chi connectivity index (χ1) is 12.7. The van der Waals surface area contributed by atoms with E-state index in [-0.39, 0.29) is 0 Å². The van der Waals surface area contributed by atoms with Gasteiger partial charge in [0.05, 0.1) is 11.4 Å². The largest absolute Gasteiger partial charge is 0.293 e. The van der Waals surface area contributed by atoms with Crippen LogP contribution in [0.5, 0.6) is 0 Å². The summed E-state index contributed by atoms with van der Waals surface area (Å²) in [6.45, 7) is 4.71. The molecule has 132 valence electrons. The van der Waals surface area contributed by atoms with Gasteiger partial charge in [-0.15, -0.1) is 11.8 Å². The number of thioether (sulfide) groups is 1. The summed E-state index contributed by atoms with van der Waals surface area (Å²) in [5.74, 6) is 0.860. The van der Waals surface area contributed by atoms with Crippen LogP contribution in [-0.2, 0) is 19.5 Å². The third-order valence-electron chi connectivity index (χ3n) is 4.71. The Kier molecular flexibility index (Phi) is 5.00. The van der Waals surface area contributed by atoms with Gasteiger partial charge in [-0.25, -0.2) is 9.97 Å². The van der Waals surface area contributed by atoms with Crippen LogP contribution in [0.4, 0.5) is 0 Å². The lowest BCUT2D eigenvalue weighted by Crippen LogP contribution is -2.31. The molecule has 4 nitrogen and oxygen atoms in total. The van der Waals surface area contributed by atoms with E-state index in [1.165, 1.54) is 16.2 Å². The zero-order valence-electron chi connectivity index (χ0n) is 15.1. The molecule has 0 fully saturated rings. The van der Waals surface area contributed by atoms with Gasteiger partial charge in [0, 0.05) is 54.0 Å². The Morgan fingerprint density at radius 1 is 1.08 bits per heavy atom. The van der Waals surface area contributed by atoms with Crippen molar-refractivity contribution in [3.05, 3.63) is 71.4 Å². The number of rotatable bonds is 4. The summed E-state index contributed by atoms with van der Waals surface area (Å²) in [5.41, 5.74) is 5.74. The van der Waals surface area contributed by atoms with Gasteiger partial charge in [0.1, 0.15) is 5.82 Å². The summed E-state index contributed by atoms with van der Waals surface area (Å²) in [6, 6.07) is 14.9. The second kappa shape index (κ2) is 7.56. The van der Waals surface area contributed by atoms with Crippen LogP contribution in [0.25, 0.3) is 11.3 Å². The van der Waals surface area contributed by atoms with Gasteiger partial charge in [-0.1, -0.05) is 18.2 Å². The van der Waals surface area contributed by atoms with Crippen molar-refractivity contribution >= 4 is 11.8 Å². The van der Waals surface area contributed by atoms with Crippen molar-refractivity contribution in [2.24, 2.45) is 0 Å². The van der Waals surface area contributed by atoms with E-state index in [2.05, 4.69) is 63.6 Å². The maximum absolute atomic E-state index is 4.88. The third kappa shape index (κ3) is 3.79. The maximum Gasteiger partial charge on any atom is 0.125 e. The molecular weight excluding hydrogens is 340 g/mol. The molecule has 0 amide bonds. The van der Waals surface area contributed by atoms with Gasteiger partial charge in [0.15, 0.2) is 0 Å². The van der Waals surface area contributed by atoms with Crippen LogP contribution in [0, 0.1) is 6.92 Å². The highest BCUT2D eigenvalue weighted by Crippen LogP contribution is 2.23. The summed E-state index contributed by atoms with van der Waals surface area (Å²) in [7, 11) is 0. The van der Waals surface area contributed by atoms with E-state index in [1.54, 1.807) is 11.8 Å². The molecule has 0 N–H and O–H groups in total. The molecule has 1 aromatic carbocycles. The molecule has 1 aliphatic heterocycles. The van der Waals surface area contributed by atoms with Crippen molar-refractivity contribution in [2.75, 3.05) is 12.8 Å². The first-order valence-electron chi connectivity index (χ1n) is 8.85. The summed E-state index contributed by atoms with van der Waals surface area (Å²) < 4.78 is 0. The second-order valence-corrected chi connectivity index (χ2v) is 7.47. The van der Waals surface area contributed by atoms with Crippen molar-refractivity contribution in [1.82, 2.24) is 19.9 Å². The van der Waals surface area contributed by atoms with Gasteiger partial charge in [-0.3, -0.25) is 9.88 Å².